The zero-order valence-corrected chi connectivity index (χ0v) is 16.0. The van der Waals surface area contributed by atoms with Gasteiger partial charge in [0.15, 0.2) is 11.0 Å². The molecule has 0 saturated carbocycles. The van der Waals surface area contributed by atoms with E-state index in [1.165, 1.54) is 11.8 Å². The van der Waals surface area contributed by atoms with Gasteiger partial charge in [0.25, 0.3) is 11.5 Å². The SMILES string of the molecule is Cc1ccc(C(=O)Nc2c(N)nc(SCCN3CCOCC3)[nH]c2=O)cc1. The predicted molar refractivity (Wildman–Crippen MR) is 106 cm³/mol. The molecule has 8 nitrogen and oxygen atoms in total. The maximum atomic E-state index is 12.3. The van der Waals surface area contributed by atoms with Crippen molar-refractivity contribution < 1.29 is 9.53 Å². The van der Waals surface area contributed by atoms with Gasteiger partial charge in [-0.15, -0.1) is 0 Å². The molecule has 1 aliphatic heterocycles. The molecule has 3 rings (SSSR count). The van der Waals surface area contributed by atoms with Crippen LogP contribution in [0.5, 0.6) is 0 Å². The summed E-state index contributed by atoms with van der Waals surface area (Å²) in [4.78, 5) is 33.8. The Balaban J connectivity index is 1.61. The summed E-state index contributed by atoms with van der Waals surface area (Å²) in [5, 5.41) is 2.99. The molecular formula is C18H23N5O3S. The summed E-state index contributed by atoms with van der Waals surface area (Å²) in [6.07, 6.45) is 0. The van der Waals surface area contributed by atoms with Crippen molar-refractivity contribution >= 4 is 29.2 Å². The summed E-state index contributed by atoms with van der Waals surface area (Å²) in [5.74, 6) is 0.382. The molecular weight excluding hydrogens is 366 g/mol. The Hall–Kier alpha value is -2.36. The smallest absolute Gasteiger partial charge is 0.277 e. The average Bonchev–Trinajstić information content (AvgIpc) is 2.66. The summed E-state index contributed by atoms with van der Waals surface area (Å²) in [7, 11) is 0. The number of morpholine rings is 1. The Bertz CT molecular complexity index is 847. The molecule has 144 valence electrons. The van der Waals surface area contributed by atoms with Crippen LogP contribution in [0.25, 0.3) is 0 Å². The number of aromatic nitrogens is 2. The van der Waals surface area contributed by atoms with Gasteiger partial charge in [0.2, 0.25) is 0 Å². The van der Waals surface area contributed by atoms with E-state index in [4.69, 9.17) is 10.5 Å². The quantitative estimate of drug-likeness (QED) is 0.505. The molecule has 0 aliphatic carbocycles. The number of nitrogen functional groups attached to an aromatic ring is 1. The second kappa shape index (κ2) is 9.03. The van der Waals surface area contributed by atoms with Crippen LogP contribution >= 0.6 is 11.8 Å². The third kappa shape index (κ3) is 5.31. The summed E-state index contributed by atoms with van der Waals surface area (Å²) >= 11 is 1.43. The van der Waals surface area contributed by atoms with E-state index in [0.29, 0.717) is 10.7 Å². The highest BCUT2D eigenvalue weighted by molar-refractivity contribution is 7.99. The molecule has 2 heterocycles. The Kier molecular flexibility index (Phi) is 6.49. The van der Waals surface area contributed by atoms with Crippen molar-refractivity contribution in [3.05, 3.63) is 45.7 Å². The van der Waals surface area contributed by atoms with Gasteiger partial charge in [-0.2, -0.15) is 0 Å². The highest BCUT2D eigenvalue weighted by Crippen LogP contribution is 2.17. The molecule has 9 heteroatoms. The molecule has 1 aliphatic rings. The van der Waals surface area contributed by atoms with Crippen LogP contribution in [-0.2, 0) is 4.74 Å². The lowest BCUT2D eigenvalue weighted by Gasteiger charge is -2.26. The first-order valence-corrected chi connectivity index (χ1v) is 9.72. The fourth-order valence-corrected chi connectivity index (χ4v) is 3.52. The number of ether oxygens (including phenoxy) is 1. The van der Waals surface area contributed by atoms with E-state index in [1.54, 1.807) is 12.1 Å². The molecule has 1 aromatic carbocycles. The molecule has 0 unspecified atom stereocenters. The predicted octanol–water partition coefficient (Wildman–Crippen LogP) is 1.34. The number of benzene rings is 1. The number of hydrogen-bond acceptors (Lipinski definition) is 7. The molecule has 1 aromatic heterocycles. The van der Waals surface area contributed by atoms with Crippen molar-refractivity contribution in [2.45, 2.75) is 12.1 Å². The van der Waals surface area contributed by atoms with Crippen LogP contribution < -0.4 is 16.6 Å². The van der Waals surface area contributed by atoms with E-state index in [0.717, 1.165) is 44.2 Å². The summed E-state index contributed by atoms with van der Waals surface area (Å²) in [6.45, 7) is 6.14. The van der Waals surface area contributed by atoms with Crippen molar-refractivity contribution in [2.75, 3.05) is 49.7 Å². The number of nitrogens with zero attached hydrogens (tertiary/aromatic N) is 2. The molecule has 1 fully saturated rings. The lowest BCUT2D eigenvalue weighted by Crippen LogP contribution is -2.37. The van der Waals surface area contributed by atoms with Gasteiger partial charge in [-0.1, -0.05) is 29.5 Å². The lowest BCUT2D eigenvalue weighted by molar-refractivity contribution is 0.0410. The Morgan fingerprint density at radius 1 is 1.33 bits per heavy atom. The minimum atomic E-state index is -0.461. The monoisotopic (exact) mass is 389 g/mol. The minimum Gasteiger partial charge on any atom is -0.382 e. The standard InChI is InChI=1S/C18H23N5O3S/c1-12-2-4-13(5-3-12)16(24)20-14-15(19)21-18(22-17(14)25)27-11-8-23-6-9-26-10-7-23/h2-5H,6-11H2,1H3,(H,20,24)(H3,19,21,22,25). The van der Waals surface area contributed by atoms with Gasteiger partial charge in [0.1, 0.15) is 5.69 Å². The van der Waals surface area contributed by atoms with Crippen molar-refractivity contribution in [3.8, 4) is 0 Å². The number of H-pyrrole nitrogens is 1. The van der Waals surface area contributed by atoms with Gasteiger partial charge in [-0.05, 0) is 19.1 Å². The zero-order chi connectivity index (χ0) is 19.2. The van der Waals surface area contributed by atoms with Crippen LogP contribution in [0.3, 0.4) is 0 Å². The third-order valence-corrected chi connectivity index (χ3v) is 5.08. The van der Waals surface area contributed by atoms with Crippen molar-refractivity contribution in [2.24, 2.45) is 0 Å². The molecule has 27 heavy (non-hydrogen) atoms. The third-order valence-electron chi connectivity index (χ3n) is 4.23. The van der Waals surface area contributed by atoms with Crippen LogP contribution in [0.15, 0.2) is 34.2 Å². The zero-order valence-electron chi connectivity index (χ0n) is 15.2. The maximum Gasteiger partial charge on any atom is 0.277 e. The number of rotatable bonds is 6. The fraction of sp³-hybridized carbons (Fsp3) is 0.389. The van der Waals surface area contributed by atoms with Crippen LogP contribution in [0.4, 0.5) is 11.5 Å². The second-order valence-electron chi connectivity index (χ2n) is 6.25. The topological polar surface area (TPSA) is 113 Å². The van der Waals surface area contributed by atoms with Gasteiger partial charge >= 0.3 is 0 Å². The van der Waals surface area contributed by atoms with Crippen molar-refractivity contribution in [1.82, 2.24) is 14.9 Å². The Morgan fingerprint density at radius 3 is 2.70 bits per heavy atom. The number of aromatic amines is 1. The van der Waals surface area contributed by atoms with Crippen molar-refractivity contribution in [1.29, 1.82) is 0 Å². The second-order valence-corrected chi connectivity index (χ2v) is 7.34. The number of aryl methyl sites for hydroxylation is 1. The molecule has 0 radical (unpaired) electrons. The molecule has 0 bridgehead atoms. The highest BCUT2D eigenvalue weighted by Gasteiger charge is 2.15. The maximum absolute atomic E-state index is 12.3. The first-order chi connectivity index (χ1) is 13.0. The van der Waals surface area contributed by atoms with Gasteiger partial charge < -0.3 is 15.8 Å². The molecule has 4 N–H and O–H groups in total. The number of nitrogens with two attached hydrogens (primary N) is 1. The number of hydrogen-bond donors (Lipinski definition) is 3. The molecule has 1 saturated heterocycles. The van der Waals surface area contributed by atoms with E-state index >= 15 is 0 Å². The van der Waals surface area contributed by atoms with Crippen LogP contribution in [-0.4, -0.2) is 59.4 Å². The summed E-state index contributed by atoms with van der Waals surface area (Å²) < 4.78 is 5.32. The van der Waals surface area contributed by atoms with E-state index in [-0.39, 0.29) is 11.5 Å². The normalized spacial score (nSPS) is 14.9. The lowest BCUT2D eigenvalue weighted by atomic mass is 10.1. The molecule has 2 aromatic rings. The van der Waals surface area contributed by atoms with Gasteiger partial charge in [0.05, 0.1) is 13.2 Å². The Morgan fingerprint density at radius 2 is 2.04 bits per heavy atom. The molecule has 0 spiro atoms. The van der Waals surface area contributed by atoms with Crippen LogP contribution in [0.2, 0.25) is 0 Å². The molecule has 0 atom stereocenters. The number of thioether (sulfide) groups is 1. The van der Waals surface area contributed by atoms with E-state index in [1.807, 2.05) is 19.1 Å². The van der Waals surface area contributed by atoms with Gasteiger partial charge in [-0.25, -0.2) is 4.98 Å². The number of carbonyl (C=O) groups is 1. The van der Waals surface area contributed by atoms with Crippen LogP contribution in [0.1, 0.15) is 15.9 Å². The number of anilines is 2. The van der Waals surface area contributed by atoms with Gasteiger partial charge in [0, 0.05) is 31.0 Å². The first-order valence-electron chi connectivity index (χ1n) is 8.73. The number of nitrogens with one attached hydrogen (secondary N) is 2. The number of carbonyl (C=O) groups excluding carboxylic acids is 1. The van der Waals surface area contributed by atoms with Crippen LogP contribution in [0, 0.1) is 6.92 Å². The highest BCUT2D eigenvalue weighted by atomic mass is 32.2. The number of amides is 1. The van der Waals surface area contributed by atoms with E-state index < -0.39 is 11.5 Å². The van der Waals surface area contributed by atoms with Crippen molar-refractivity contribution in [3.63, 3.8) is 0 Å². The summed E-state index contributed by atoms with van der Waals surface area (Å²) in [5.41, 5.74) is 6.90. The minimum absolute atomic E-state index is 0.00749. The first kappa shape index (κ1) is 19.4. The summed E-state index contributed by atoms with van der Waals surface area (Å²) in [6, 6.07) is 7.04. The largest absolute Gasteiger partial charge is 0.382 e. The Labute approximate surface area is 161 Å². The van der Waals surface area contributed by atoms with E-state index in [2.05, 4.69) is 20.2 Å². The fourth-order valence-electron chi connectivity index (χ4n) is 2.65. The average molecular weight is 389 g/mol. The van der Waals surface area contributed by atoms with E-state index in [9.17, 15) is 9.59 Å². The van der Waals surface area contributed by atoms with Gasteiger partial charge in [-0.3, -0.25) is 19.5 Å². The molecule has 1 amide bonds.